The number of thiocarbonyl (C=S) groups is 1. The Kier molecular flexibility index (Phi) is 8.05. The van der Waals surface area contributed by atoms with Crippen LogP contribution in [0.5, 0.6) is 0 Å². The van der Waals surface area contributed by atoms with Gasteiger partial charge in [-0.3, -0.25) is 0 Å². The van der Waals surface area contributed by atoms with Crippen LogP contribution in [0.25, 0.3) is 0 Å². The van der Waals surface area contributed by atoms with Gasteiger partial charge in [0.2, 0.25) is 0 Å². The van der Waals surface area contributed by atoms with E-state index in [1.54, 1.807) is 13.2 Å². The molecule has 0 aromatic heterocycles. The van der Waals surface area contributed by atoms with Crippen LogP contribution in [-0.2, 0) is 4.74 Å². The Labute approximate surface area is 79.2 Å². The fourth-order valence-corrected chi connectivity index (χ4v) is 0.831. The molecule has 0 spiro atoms. The zero-order chi connectivity index (χ0) is 9.23. The summed E-state index contributed by atoms with van der Waals surface area (Å²) in [5.41, 5.74) is 0. The summed E-state index contributed by atoms with van der Waals surface area (Å²) in [6, 6.07) is 0. The van der Waals surface area contributed by atoms with Crippen molar-refractivity contribution in [1.29, 1.82) is 0 Å². The first-order valence-corrected chi connectivity index (χ1v) is 4.33. The summed E-state index contributed by atoms with van der Waals surface area (Å²) >= 11 is 4.96. The predicted octanol–water partition coefficient (Wildman–Crippen LogP) is 0.673. The van der Waals surface area contributed by atoms with E-state index in [9.17, 15) is 0 Å². The molecule has 70 valence electrons. The van der Waals surface area contributed by atoms with Gasteiger partial charge in [-0.2, -0.15) is 0 Å². The van der Waals surface area contributed by atoms with Crippen LogP contribution in [0.4, 0.5) is 0 Å². The lowest BCUT2D eigenvalue weighted by molar-refractivity contribution is 0.195. The second-order valence-corrected chi connectivity index (χ2v) is 2.68. The first-order valence-electron chi connectivity index (χ1n) is 3.92. The van der Waals surface area contributed by atoms with Gasteiger partial charge in [-0.05, 0) is 18.6 Å². The Morgan fingerprint density at radius 3 is 2.92 bits per heavy atom. The van der Waals surface area contributed by atoms with Gasteiger partial charge in [0.25, 0.3) is 0 Å². The van der Waals surface area contributed by atoms with Crippen molar-refractivity contribution < 1.29 is 4.74 Å². The molecular formula is C8H16N2OS. The number of hydrogen-bond acceptors (Lipinski definition) is 2. The third kappa shape index (κ3) is 7.50. The van der Waals surface area contributed by atoms with Crippen LogP contribution >= 0.6 is 12.2 Å². The standard InChI is InChI=1S/C8H16N2OS/c1-3-5-9-8(12)10-6-4-7-11-2/h3H,1,4-7H2,2H3,(H2,9,10,12). The van der Waals surface area contributed by atoms with Crippen molar-refractivity contribution in [2.24, 2.45) is 0 Å². The molecule has 0 saturated heterocycles. The van der Waals surface area contributed by atoms with Crippen LogP contribution in [0, 0.1) is 0 Å². The van der Waals surface area contributed by atoms with Crippen LogP contribution in [0.1, 0.15) is 6.42 Å². The van der Waals surface area contributed by atoms with Gasteiger partial charge in [0.05, 0.1) is 0 Å². The number of ether oxygens (including phenoxy) is 1. The molecule has 0 aliphatic rings. The van der Waals surface area contributed by atoms with Crippen molar-refractivity contribution >= 4 is 17.3 Å². The lowest BCUT2D eigenvalue weighted by Gasteiger charge is -2.07. The molecule has 12 heavy (non-hydrogen) atoms. The highest BCUT2D eigenvalue weighted by Gasteiger charge is 1.90. The number of methoxy groups -OCH3 is 1. The average Bonchev–Trinajstić information content (AvgIpc) is 2.09. The quantitative estimate of drug-likeness (QED) is 0.365. The van der Waals surface area contributed by atoms with E-state index < -0.39 is 0 Å². The second kappa shape index (κ2) is 8.49. The number of rotatable bonds is 6. The fourth-order valence-electron chi connectivity index (χ4n) is 0.646. The molecule has 0 radical (unpaired) electrons. The first kappa shape index (κ1) is 11.4. The molecule has 0 aromatic rings. The van der Waals surface area contributed by atoms with Crippen LogP contribution < -0.4 is 10.6 Å². The second-order valence-electron chi connectivity index (χ2n) is 2.27. The molecule has 0 heterocycles. The van der Waals surface area contributed by atoms with E-state index in [-0.39, 0.29) is 0 Å². The average molecular weight is 188 g/mol. The Hall–Kier alpha value is -0.610. The molecule has 0 aliphatic heterocycles. The molecule has 2 N–H and O–H groups in total. The van der Waals surface area contributed by atoms with E-state index in [2.05, 4.69) is 17.2 Å². The van der Waals surface area contributed by atoms with Gasteiger partial charge in [0.15, 0.2) is 5.11 Å². The maximum atomic E-state index is 4.96. The third-order valence-corrected chi connectivity index (χ3v) is 1.51. The van der Waals surface area contributed by atoms with E-state index in [1.165, 1.54) is 0 Å². The monoisotopic (exact) mass is 188 g/mol. The van der Waals surface area contributed by atoms with Crippen LogP contribution in [0.2, 0.25) is 0 Å². The first-order chi connectivity index (χ1) is 5.81. The third-order valence-electron chi connectivity index (χ3n) is 1.22. The summed E-state index contributed by atoms with van der Waals surface area (Å²) in [6.07, 6.45) is 2.73. The van der Waals surface area contributed by atoms with Crippen molar-refractivity contribution in [1.82, 2.24) is 10.6 Å². The van der Waals surface area contributed by atoms with Crippen LogP contribution in [-0.4, -0.2) is 31.9 Å². The maximum Gasteiger partial charge on any atom is 0.166 e. The van der Waals surface area contributed by atoms with Crippen LogP contribution in [0.15, 0.2) is 12.7 Å². The summed E-state index contributed by atoms with van der Waals surface area (Å²) in [4.78, 5) is 0. The van der Waals surface area contributed by atoms with E-state index in [1.807, 2.05) is 0 Å². The van der Waals surface area contributed by atoms with E-state index in [0.717, 1.165) is 19.6 Å². The van der Waals surface area contributed by atoms with E-state index in [4.69, 9.17) is 17.0 Å². The van der Waals surface area contributed by atoms with E-state index in [0.29, 0.717) is 11.7 Å². The minimum Gasteiger partial charge on any atom is -0.385 e. The lowest BCUT2D eigenvalue weighted by atomic mass is 10.4. The Morgan fingerprint density at radius 2 is 2.33 bits per heavy atom. The molecule has 0 fully saturated rings. The zero-order valence-electron chi connectivity index (χ0n) is 7.43. The molecule has 0 saturated carbocycles. The molecule has 0 aliphatic carbocycles. The molecule has 4 heteroatoms. The number of nitrogens with one attached hydrogen (secondary N) is 2. The van der Waals surface area contributed by atoms with Crippen molar-refractivity contribution in [3.8, 4) is 0 Å². The summed E-state index contributed by atoms with van der Waals surface area (Å²) in [5.74, 6) is 0. The topological polar surface area (TPSA) is 33.3 Å². The minimum atomic E-state index is 0.672. The normalized spacial score (nSPS) is 9.08. The SMILES string of the molecule is C=CCNC(=S)NCCCOC. The molecule has 3 nitrogen and oxygen atoms in total. The molecule has 0 atom stereocenters. The highest BCUT2D eigenvalue weighted by atomic mass is 32.1. The minimum absolute atomic E-state index is 0.672. The molecule has 0 bridgehead atoms. The molecular weight excluding hydrogens is 172 g/mol. The highest BCUT2D eigenvalue weighted by Crippen LogP contribution is 1.77. The van der Waals surface area contributed by atoms with Gasteiger partial charge in [-0.1, -0.05) is 6.08 Å². The molecule has 0 unspecified atom stereocenters. The predicted molar refractivity (Wildman–Crippen MR) is 55.3 cm³/mol. The van der Waals surface area contributed by atoms with Gasteiger partial charge < -0.3 is 15.4 Å². The summed E-state index contributed by atoms with van der Waals surface area (Å²) in [7, 11) is 1.69. The molecule has 0 aromatic carbocycles. The van der Waals surface area contributed by atoms with E-state index >= 15 is 0 Å². The van der Waals surface area contributed by atoms with Crippen molar-refractivity contribution in [3.63, 3.8) is 0 Å². The Morgan fingerprint density at radius 1 is 1.58 bits per heavy atom. The molecule has 0 rings (SSSR count). The Balaban J connectivity index is 3.13. The zero-order valence-corrected chi connectivity index (χ0v) is 8.25. The summed E-state index contributed by atoms with van der Waals surface area (Å²) < 4.78 is 4.88. The highest BCUT2D eigenvalue weighted by molar-refractivity contribution is 7.80. The lowest BCUT2D eigenvalue weighted by Crippen LogP contribution is -2.35. The van der Waals surface area contributed by atoms with Gasteiger partial charge >= 0.3 is 0 Å². The largest absolute Gasteiger partial charge is 0.385 e. The van der Waals surface area contributed by atoms with Crippen molar-refractivity contribution in [2.45, 2.75) is 6.42 Å². The summed E-state index contributed by atoms with van der Waals surface area (Å²) in [5, 5.41) is 6.69. The van der Waals surface area contributed by atoms with Crippen LogP contribution in [0.3, 0.4) is 0 Å². The van der Waals surface area contributed by atoms with Gasteiger partial charge in [-0.15, -0.1) is 6.58 Å². The smallest absolute Gasteiger partial charge is 0.166 e. The van der Waals surface area contributed by atoms with Gasteiger partial charge in [-0.25, -0.2) is 0 Å². The maximum absolute atomic E-state index is 4.96. The fraction of sp³-hybridized carbons (Fsp3) is 0.625. The molecule has 0 amide bonds. The van der Waals surface area contributed by atoms with Gasteiger partial charge in [0, 0.05) is 26.8 Å². The summed E-state index contributed by atoms with van der Waals surface area (Å²) in [6.45, 7) is 5.88. The van der Waals surface area contributed by atoms with Gasteiger partial charge in [0.1, 0.15) is 0 Å². The van der Waals surface area contributed by atoms with Crippen molar-refractivity contribution in [3.05, 3.63) is 12.7 Å². The van der Waals surface area contributed by atoms with Crippen molar-refractivity contribution in [2.75, 3.05) is 26.8 Å². The Bertz CT molecular complexity index is 139. The number of hydrogen-bond donors (Lipinski definition) is 2.